The minimum atomic E-state index is -0.760. The van der Waals surface area contributed by atoms with Crippen LogP contribution in [0.5, 0.6) is 0 Å². The second-order valence-electron chi connectivity index (χ2n) is 18.9. The molecular weight excluding hydrogens is 757 g/mol. The predicted molar refractivity (Wildman–Crippen MR) is 261 cm³/mol. The second kappa shape index (κ2) is 51.0. The van der Waals surface area contributed by atoms with Crippen LogP contribution in [0.4, 0.5) is 0 Å². The van der Waals surface area contributed by atoms with Gasteiger partial charge in [-0.15, -0.1) is 0 Å². The Labute approximate surface area is 380 Å². The maximum atomic E-state index is 12.8. The van der Waals surface area contributed by atoms with E-state index in [1.807, 2.05) is 0 Å². The van der Waals surface area contributed by atoms with Gasteiger partial charge >= 0.3 is 17.9 Å². The van der Waals surface area contributed by atoms with Crippen LogP contribution in [-0.2, 0) is 28.6 Å². The number of unbranched alkanes of at least 4 members (excludes halogenated alkanes) is 40. The van der Waals surface area contributed by atoms with E-state index in [4.69, 9.17) is 14.2 Å². The van der Waals surface area contributed by atoms with E-state index >= 15 is 0 Å². The molecule has 6 heteroatoms. The molecule has 6 nitrogen and oxygen atoms in total. The molecule has 0 saturated carbocycles. The lowest BCUT2D eigenvalue weighted by molar-refractivity contribution is -0.167. The van der Waals surface area contributed by atoms with E-state index in [0.29, 0.717) is 19.3 Å². The van der Waals surface area contributed by atoms with E-state index in [-0.39, 0.29) is 31.1 Å². The summed E-state index contributed by atoms with van der Waals surface area (Å²) in [6.07, 6.45) is 55.1. The van der Waals surface area contributed by atoms with Gasteiger partial charge in [0.15, 0.2) is 6.10 Å². The Kier molecular flexibility index (Phi) is 49.7. The van der Waals surface area contributed by atoms with E-state index in [0.717, 1.165) is 57.8 Å². The first kappa shape index (κ1) is 59.4. The summed E-state index contributed by atoms with van der Waals surface area (Å²) in [5, 5.41) is 0. The number of ether oxygens (including phenoxy) is 3. The molecule has 0 saturated heterocycles. The molecule has 0 aliphatic heterocycles. The Hall–Kier alpha value is -1.59. The first-order chi connectivity index (χ1) is 30.0. The number of hydrogen-bond donors (Lipinski definition) is 0. The molecule has 0 heterocycles. The number of carbonyl (C=O) groups is 3. The highest BCUT2D eigenvalue weighted by molar-refractivity contribution is 5.71. The third kappa shape index (κ3) is 49.3. The summed E-state index contributed by atoms with van der Waals surface area (Å²) in [5.74, 6) is -0.837. The highest BCUT2D eigenvalue weighted by Crippen LogP contribution is 2.17. The van der Waals surface area contributed by atoms with E-state index in [1.54, 1.807) is 0 Å². The molecular formula is C55H106O6. The van der Waals surface area contributed by atoms with E-state index < -0.39 is 6.10 Å². The van der Waals surface area contributed by atoms with Crippen LogP contribution < -0.4 is 0 Å². The normalized spacial score (nSPS) is 11.9. The van der Waals surface area contributed by atoms with Crippen molar-refractivity contribution in [2.24, 2.45) is 0 Å². The first-order valence-corrected chi connectivity index (χ1v) is 27.5. The molecule has 61 heavy (non-hydrogen) atoms. The summed E-state index contributed by atoms with van der Waals surface area (Å²) in [6, 6.07) is 0. The molecule has 0 aliphatic rings. The third-order valence-corrected chi connectivity index (χ3v) is 12.6. The van der Waals surface area contributed by atoms with Crippen LogP contribution in [0.2, 0.25) is 0 Å². The van der Waals surface area contributed by atoms with Gasteiger partial charge in [0.2, 0.25) is 0 Å². The average Bonchev–Trinajstić information content (AvgIpc) is 3.26. The van der Waals surface area contributed by atoms with Crippen molar-refractivity contribution in [1.82, 2.24) is 0 Å². The fourth-order valence-corrected chi connectivity index (χ4v) is 8.45. The fraction of sp³-hybridized carbons (Fsp3) is 0.945. The van der Waals surface area contributed by atoms with Gasteiger partial charge in [-0.2, -0.15) is 0 Å². The van der Waals surface area contributed by atoms with Crippen LogP contribution in [0.1, 0.15) is 316 Å². The molecule has 362 valence electrons. The molecule has 0 aromatic rings. The van der Waals surface area contributed by atoms with Gasteiger partial charge in [0.25, 0.3) is 0 Å². The standard InChI is InChI=1S/C55H106O6/c1-4-7-10-13-16-19-22-25-26-27-28-29-31-33-36-39-42-45-48-54(57)60-51-52(50-59-53(56)47-44-41-38-35-32-24-21-18-15-12-9-6-3)61-55(58)49-46-43-40-37-34-30-23-20-17-14-11-8-5-2/h52H,4-51H2,1-3H3. The molecule has 0 amide bonds. The third-order valence-electron chi connectivity index (χ3n) is 12.6. The summed E-state index contributed by atoms with van der Waals surface area (Å²) >= 11 is 0. The molecule has 0 aromatic heterocycles. The van der Waals surface area contributed by atoms with Crippen molar-refractivity contribution in [2.75, 3.05) is 13.2 Å². The lowest BCUT2D eigenvalue weighted by Gasteiger charge is -2.18. The van der Waals surface area contributed by atoms with Crippen LogP contribution >= 0.6 is 0 Å². The summed E-state index contributed by atoms with van der Waals surface area (Å²) in [4.78, 5) is 38.0. The van der Waals surface area contributed by atoms with Crippen molar-refractivity contribution in [2.45, 2.75) is 322 Å². The second-order valence-corrected chi connectivity index (χ2v) is 18.9. The molecule has 1 unspecified atom stereocenters. The molecule has 1 atom stereocenters. The van der Waals surface area contributed by atoms with Crippen molar-refractivity contribution in [3.8, 4) is 0 Å². The van der Waals surface area contributed by atoms with Gasteiger partial charge in [-0.25, -0.2) is 0 Å². The summed E-state index contributed by atoms with van der Waals surface area (Å²) in [5.41, 5.74) is 0. The number of rotatable bonds is 51. The quantitative estimate of drug-likeness (QED) is 0.0344. The number of hydrogen-bond acceptors (Lipinski definition) is 6. The molecule has 0 fully saturated rings. The lowest BCUT2D eigenvalue weighted by Crippen LogP contribution is -2.30. The topological polar surface area (TPSA) is 78.9 Å². The molecule has 0 spiro atoms. The summed E-state index contributed by atoms with van der Waals surface area (Å²) in [6.45, 7) is 6.69. The largest absolute Gasteiger partial charge is 0.462 e. The molecule has 0 N–H and O–H groups in total. The number of esters is 3. The van der Waals surface area contributed by atoms with Gasteiger partial charge in [0.05, 0.1) is 0 Å². The average molecular weight is 863 g/mol. The molecule has 0 radical (unpaired) electrons. The van der Waals surface area contributed by atoms with Crippen molar-refractivity contribution < 1.29 is 28.6 Å². The molecule has 0 aromatic carbocycles. The van der Waals surface area contributed by atoms with Crippen molar-refractivity contribution in [1.29, 1.82) is 0 Å². The molecule has 0 bridgehead atoms. The van der Waals surface area contributed by atoms with Crippen LogP contribution in [0.15, 0.2) is 0 Å². The van der Waals surface area contributed by atoms with Crippen LogP contribution in [0, 0.1) is 0 Å². The van der Waals surface area contributed by atoms with Crippen molar-refractivity contribution in [3.63, 3.8) is 0 Å². The summed E-state index contributed by atoms with van der Waals surface area (Å²) < 4.78 is 16.8. The van der Waals surface area contributed by atoms with Gasteiger partial charge in [0.1, 0.15) is 13.2 Å². The van der Waals surface area contributed by atoms with Crippen molar-refractivity contribution >= 4 is 17.9 Å². The molecule has 0 rings (SSSR count). The van der Waals surface area contributed by atoms with Gasteiger partial charge < -0.3 is 14.2 Å². The van der Waals surface area contributed by atoms with E-state index in [2.05, 4.69) is 20.8 Å². The summed E-state index contributed by atoms with van der Waals surface area (Å²) in [7, 11) is 0. The Morgan fingerprint density at radius 3 is 0.656 bits per heavy atom. The highest BCUT2D eigenvalue weighted by Gasteiger charge is 2.19. The van der Waals surface area contributed by atoms with Crippen LogP contribution in [0.25, 0.3) is 0 Å². The minimum Gasteiger partial charge on any atom is -0.462 e. The highest BCUT2D eigenvalue weighted by atomic mass is 16.6. The monoisotopic (exact) mass is 863 g/mol. The zero-order valence-corrected chi connectivity index (χ0v) is 41.5. The van der Waals surface area contributed by atoms with Gasteiger partial charge in [0, 0.05) is 19.3 Å². The SMILES string of the molecule is CCCCCCCCCCCCCCCCCCCCC(=O)OCC(COC(=O)CCCCCCCCCCCCCC)OC(=O)CCCCCCCCCCCCCCC. The Bertz CT molecular complexity index is 905. The lowest BCUT2D eigenvalue weighted by atomic mass is 10.0. The maximum Gasteiger partial charge on any atom is 0.306 e. The van der Waals surface area contributed by atoms with Crippen LogP contribution in [0.3, 0.4) is 0 Å². The Morgan fingerprint density at radius 2 is 0.443 bits per heavy atom. The fourth-order valence-electron chi connectivity index (χ4n) is 8.45. The molecule has 0 aliphatic carbocycles. The predicted octanol–water partition coefficient (Wildman–Crippen LogP) is 18.0. The maximum absolute atomic E-state index is 12.8. The number of carbonyl (C=O) groups excluding carboxylic acids is 3. The van der Waals surface area contributed by atoms with Crippen LogP contribution in [-0.4, -0.2) is 37.2 Å². The first-order valence-electron chi connectivity index (χ1n) is 27.5. The van der Waals surface area contributed by atoms with E-state index in [1.165, 1.54) is 218 Å². The van der Waals surface area contributed by atoms with Gasteiger partial charge in [-0.1, -0.05) is 278 Å². The van der Waals surface area contributed by atoms with Gasteiger partial charge in [-0.3, -0.25) is 14.4 Å². The van der Waals surface area contributed by atoms with Gasteiger partial charge in [-0.05, 0) is 19.3 Å². The van der Waals surface area contributed by atoms with Crippen molar-refractivity contribution in [3.05, 3.63) is 0 Å². The minimum absolute atomic E-state index is 0.0614. The zero-order chi connectivity index (χ0) is 44.4. The van der Waals surface area contributed by atoms with E-state index in [9.17, 15) is 14.4 Å². The zero-order valence-electron chi connectivity index (χ0n) is 41.5. The Morgan fingerprint density at radius 1 is 0.262 bits per heavy atom. The Balaban J connectivity index is 4.26. The smallest absolute Gasteiger partial charge is 0.306 e.